The second-order valence-electron chi connectivity index (χ2n) is 9.73. The summed E-state index contributed by atoms with van der Waals surface area (Å²) < 4.78 is 8.57. The number of rotatable bonds is 12. The summed E-state index contributed by atoms with van der Waals surface area (Å²) in [6.45, 7) is 0.701. The van der Waals surface area contributed by atoms with Crippen molar-refractivity contribution < 1.29 is 19.4 Å². The van der Waals surface area contributed by atoms with Gasteiger partial charge in [-0.2, -0.15) is 0 Å². The number of thiazole rings is 1. The average Bonchev–Trinajstić information content (AvgIpc) is 3.30. The van der Waals surface area contributed by atoms with Gasteiger partial charge in [0.05, 0.1) is 16.8 Å². The van der Waals surface area contributed by atoms with Gasteiger partial charge in [-0.3, -0.25) is 19.0 Å². The maximum Gasteiger partial charge on any atom is 0.314 e. The molecule has 0 aliphatic carbocycles. The fourth-order valence-electron chi connectivity index (χ4n) is 4.87. The molecule has 208 valence electrons. The molecule has 0 saturated carbocycles. The van der Waals surface area contributed by atoms with Crippen LogP contribution in [0.15, 0.2) is 102 Å². The van der Waals surface area contributed by atoms with E-state index in [4.69, 9.17) is 4.74 Å². The Labute approximate surface area is 241 Å². The molecule has 5 rings (SSSR count). The van der Waals surface area contributed by atoms with Gasteiger partial charge in [0.15, 0.2) is 5.78 Å². The second-order valence-corrected chi connectivity index (χ2v) is 10.7. The molecule has 5 aromatic rings. The lowest BCUT2D eigenvalue weighted by Gasteiger charge is -2.15. The molecule has 41 heavy (non-hydrogen) atoms. The molecular formula is C33H30N2O5S. The molecule has 8 heteroatoms. The number of benzene rings is 4. The van der Waals surface area contributed by atoms with Gasteiger partial charge in [0.1, 0.15) is 18.3 Å². The Balaban J connectivity index is 1.20. The third-order valence-corrected chi connectivity index (χ3v) is 7.95. The van der Waals surface area contributed by atoms with Gasteiger partial charge in [-0.05, 0) is 65.9 Å². The third-order valence-electron chi connectivity index (χ3n) is 7.01. The van der Waals surface area contributed by atoms with Crippen LogP contribution in [0, 0.1) is 5.92 Å². The molecule has 1 aromatic heterocycles. The van der Waals surface area contributed by atoms with Crippen LogP contribution in [0.1, 0.15) is 27.0 Å². The molecule has 0 amide bonds. The minimum Gasteiger partial charge on any atom is -0.492 e. The van der Waals surface area contributed by atoms with E-state index >= 15 is 0 Å². The number of nitrogens with zero attached hydrogens (tertiary/aromatic N) is 1. The van der Waals surface area contributed by atoms with E-state index in [-0.39, 0.29) is 11.3 Å². The minimum absolute atomic E-state index is 0.0277. The molecule has 0 fully saturated rings. The molecule has 0 aliphatic rings. The van der Waals surface area contributed by atoms with Crippen LogP contribution < -0.4 is 14.9 Å². The first-order valence-electron chi connectivity index (χ1n) is 13.3. The predicted octanol–water partition coefficient (Wildman–Crippen LogP) is 5.90. The number of ether oxygens (including phenoxy) is 1. The van der Waals surface area contributed by atoms with Crippen LogP contribution in [0.25, 0.3) is 10.2 Å². The molecule has 0 radical (unpaired) electrons. The Kier molecular flexibility index (Phi) is 8.60. The molecule has 1 heterocycles. The Morgan fingerprint density at radius 1 is 0.902 bits per heavy atom. The number of carboxylic acid groups (broad SMARTS) is 1. The van der Waals surface area contributed by atoms with Crippen LogP contribution in [0.4, 0.5) is 5.69 Å². The number of aliphatic carboxylic acids is 1. The van der Waals surface area contributed by atoms with E-state index in [1.807, 2.05) is 24.3 Å². The summed E-state index contributed by atoms with van der Waals surface area (Å²) in [4.78, 5) is 37.7. The Morgan fingerprint density at radius 2 is 1.61 bits per heavy atom. The number of carbonyl (C=O) groups is 2. The minimum atomic E-state index is -1.21. The van der Waals surface area contributed by atoms with Crippen LogP contribution in [0.2, 0.25) is 0 Å². The van der Waals surface area contributed by atoms with E-state index in [0.717, 1.165) is 22.2 Å². The fourth-order valence-corrected chi connectivity index (χ4v) is 5.85. The highest BCUT2D eigenvalue weighted by Gasteiger charge is 2.29. The Bertz CT molecular complexity index is 1720. The van der Waals surface area contributed by atoms with Crippen molar-refractivity contribution >= 4 is 39.0 Å². The maximum absolute atomic E-state index is 13.0. The largest absolute Gasteiger partial charge is 0.492 e. The third kappa shape index (κ3) is 6.56. The summed E-state index contributed by atoms with van der Waals surface area (Å²) >= 11 is 1.23. The molecule has 0 spiro atoms. The van der Waals surface area contributed by atoms with Gasteiger partial charge in [-0.1, -0.05) is 72.0 Å². The number of anilines is 1. The predicted molar refractivity (Wildman–Crippen MR) is 162 cm³/mol. The number of nitrogens with one attached hydrogen (secondary N) is 1. The van der Waals surface area contributed by atoms with Crippen LogP contribution in [-0.2, 0) is 24.2 Å². The highest BCUT2D eigenvalue weighted by atomic mass is 32.1. The fraction of sp³-hybridized carbons (Fsp3) is 0.182. The van der Waals surface area contributed by atoms with Gasteiger partial charge in [0.2, 0.25) is 0 Å². The van der Waals surface area contributed by atoms with E-state index in [0.29, 0.717) is 35.7 Å². The Hall–Kier alpha value is -4.69. The SMILES string of the molecule is CNc1ccccc1C(=O)C(Cc1ccc(OCCn2c(=O)sc3cc(Cc4ccccc4)ccc32)cc1)C(=O)O. The standard InChI is InChI=1S/C33H30N2O5S/c1-34-28-10-6-5-9-26(28)31(36)27(32(37)38)20-23-11-14-25(15-12-23)40-18-17-35-29-16-13-24(21-30(29)41-33(35)39)19-22-7-3-2-4-8-22/h2-16,21,27,34H,17-20H2,1H3,(H,37,38). The first kappa shape index (κ1) is 27.9. The smallest absolute Gasteiger partial charge is 0.314 e. The zero-order valence-electron chi connectivity index (χ0n) is 22.6. The lowest BCUT2D eigenvalue weighted by atomic mass is 9.90. The highest BCUT2D eigenvalue weighted by Crippen LogP contribution is 2.24. The van der Waals surface area contributed by atoms with Gasteiger partial charge in [0.25, 0.3) is 0 Å². The number of carbonyl (C=O) groups excluding carboxylic acids is 1. The second kappa shape index (κ2) is 12.7. The van der Waals surface area contributed by atoms with Crippen molar-refractivity contribution in [3.63, 3.8) is 0 Å². The van der Waals surface area contributed by atoms with E-state index in [2.05, 4.69) is 29.6 Å². The van der Waals surface area contributed by atoms with Gasteiger partial charge in [-0.15, -0.1) is 0 Å². The number of aromatic nitrogens is 1. The molecule has 0 saturated heterocycles. The summed E-state index contributed by atoms with van der Waals surface area (Å²) in [7, 11) is 1.70. The normalized spacial score (nSPS) is 11.7. The van der Waals surface area contributed by atoms with Crippen molar-refractivity contribution in [1.29, 1.82) is 0 Å². The molecule has 0 bridgehead atoms. The van der Waals surface area contributed by atoms with Gasteiger partial charge >= 0.3 is 10.8 Å². The molecule has 0 aliphatic heterocycles. The quantitative estimate of drug-likeness (QED) is 0.144. The van der Waals surface area contributed by atoms with Gasteiger partial charge in [-0.25, -0.2) is 0 Å². The Morgan fingerprint density at radius 3 is 2.34 bits per heavy atom. The summed E-state index contributed by atoms with van der Waals surface area (Å²) in [5, 5.41) is 12.7. The van der Waals surface area contributed by atoms with Crippen LogP contribution in [0.3, 0.4) is 0 Å². The van der Waals surface area contributed by atoms with Crippen molar-refractivity contribution in [2.45, 2.75) is 19.4 Å². The van der Waals surface area contributed by atoms with Crippen molar-refractivity contribution in [2.75, 3.05) is 19.0 Å². The van der Waals surface area contributed by atoms with E-state index in [9.17, 15) is 19.5 Å². The first-order chi connectivity index (χ1) is 19.9. The molecule has 2 N–H and O–H groups in total. The van der Waals surface area contributed by atoms with Crippen molar-refractivity contribution in [1.82, 2.24) is 4.57 Å². The number of carboxylic acids is 1. The lowest BCUT2D eigenvalue weighted by molar-refractivity contribution is -0.139. The topological polar surface area (TPSA) is 97.6 Å². The number of hydrogen-bond acceptors (Lipinski definition) is 6. The monoisotopic (exact) mass is 566 g/mol. The van der Waals surface area contributed by atoms with Crippen LogP contribution in [0.5, 0.6) is 5.75 Å². The number of fused-ring (bicyclic) bond motifs is 1. The molecule has 1 atom stereocenters. The van der Waals surface area contributed by atoms with Crippen LogP contribution >= 0.6 is 11.3 Å². The molecule has 7 nitrogen and oxygen atoms in total. The summed E-state index contributed by atoms with van der Waals surface area (Å²) in [6, 6.07) is 30.3. The number of Topliss-reactive ketones (excluding diaryl/α,β-unsaturated/α-hetero) is 1. The van der Waals surface area contributed by atoms with Crippen LogP contribution in [-0.4, -0.2) is 35.1 Å². The van der Waals surface area contributed by atoms with Gasteiger partial charge in [0, 0.05) is 18.3 Å². The summed E-state index contributed by atoms with van der Waals surface area (Å²) in [5.74, 6) is -2.21. The van der Waals surface area contributed by atoms with Crippen molar-refractivity contribution in [2.24, 2.45) is 5.92 Å². The van der Waals surface area contributed by atoms with E-state index in [1.54, 1.807) is 60.1 Å². The van der Waals surface area contributed by atoms with Gasteiger partial charge < -0.3 is 15.2 Å². The van der Waals surface area contributed by atoms with E-state index < -0.39 is 17.7 Å². The summed E-state index contributed by atoms with van der Waals surface area (Å²) in [5.41, 5.74) is 4.93. The van der Waals surface area contributed by atoms with Crippen molar-refractivity contribution in [3.8, 4) is 5.75 Å². The number of ketones is 1. The number of hydrogen-bond donors (Lipinski definition) is 2. The molecular weight excluding hydrogens is 536 g/mol. The molecule has 1 unspecified atom stereocenters. The summed E-state index contributed by atoms with van der Waals surface area (Å²) in [6.07, 6.45) is 0.877. The average molecular weight is 567 g/mol. The van der Waals surface area contributed by atoms with E-state index in [1.165, 1.54) is 16.9 Å². The lowest BCUT2D eigenvalue weighted by Crippen LogP contribution is -2.26. The highest BCUT2D eigenvalue weighted by molar-refractivity contribution is 7.16. The molecule has 4 aromatic carbocycles. The number of para-hydroxylation sites is 1. The van der Waals surface area contributed by atoms with Crippen molar-refractivity contribution in [3.05, 3.63) is 129 Å². The maximum atomic E-state index is 13.0. The zero-order chi connectivity index (χ0) is 28.8. The zero-order valence-corrected chi connectivity index (χ0v) is 23.4. The first-order valence-corrected chi connectivity index (χ1v) is 14.2.